The summed E-state index contributed by atoms with van der Waals surface area (Å²) >= 11 is 0. The van der Waals surface area contributed by atoms with Crippen molar-refractivity contribution in [1.29, 1.82) is 0 Å². The average Bonchev–Trinajstić information content (AvgIpc) is 3.07. The number of hydrogen-bond acceptors (Lipinski definition) is 5. The largest absolute Gasteiger partial charge is 0.490 e. The van der Waals surface area contributed by atoms with E-state index in [1.54, 1.807) is 10.9 Å². The maximum atomic E-state index is 12.4. The summed E-state index contributed by atoms with van der Waals surface area (Å²) in [7, 11) is 1.34. The van der Waals surface area contributed by atoms with Crippen LogP contribution in [0, 0.1) is 17.0 Å². The molecule has 1 heterocycles. The molecule has 1 aromatic heterocycles. The van der Waals surface area contributed by atoms with E-state index < -0.39 is 10.8 Å². The van der Waals surface area contributed by atoms with Crippen LogP contribution >= 0.6 is 0 Å². The van der Waals surface area contributed by atoms with E-state index in [1.165, 1.54) is 31.5 Å². The van der Waals surface area contributed by atoms with Crippen molar-refractivity contribution in [3.05, 3.63) is 81.7 Å². The fraction of sp³-hybridized carbons (Fsp3) is 0.158. The number of ether oxygens (including phenoxy) is 1. The molecule has 8 heteroatoms. The second kappa shape index (κ2) is 7.69. The lowest BCUT2D eigenvalue weighted by atomic mass is 10.1. The van der Waals surface area contributed by atoms with Crippen LogP contribution in [0.1, 0.15) is 21.5 Å². The van der Waals surface area contributed by atoms with Crippen molar-refractivity contribution in [2.45, 2.75) is 13.5 Å². The predicted molar refractivity (Wildman–Crippen MR) is 100 cm³/mol. The number of nitro benzene ring substituents is 1. The fourth-order valence-corrected chi connectivity index (χ4v) is 2.69. The predicted octanol–water partition coefficient (Wildman–Crippen LogP) is 3.41. The highest BCUT2D eigenvalue weighted by Gasteiger charge is 2.18. The van der Waals surface area contributed by atoms with E-state index in [9.17, 15) is 14.9 Å². The molecule has 3 rings (SSSR count). The molecule has 0 spiro atoms. The topological polar surface area (TPSA) is 99.3 Å². The number of anilines is 1. The summed E-state index contributed by atoms with van der Waals surface area (Å²) in [5.74, 6) is -0.363. The molecule has 27 heavy (non-hydrogen) atoms. The van der Waals surface area contributed by atoms with Crippen LogP contribution in [-0.2, 0) is 6.54 Å². The van der Waals surface area contributed by atoms with Gasteiger partial charge in [0.05, 0.1) is 30.5 Å². The molecule has 0 atom stereocenters. The van der Waals surface area contributed by atoms with Crippen molar-refractivity contribution in [3.63, 3.8) is 0 Å². The highest BCUT2D eigenvalue weighted by atomic mass is 16.6. The zero-order chi connectivity index (χ0) is 19.4. The Morgan fingerprint density at radius 3 is 2.81 bits per heavy atom. The minimum absolute atomic E-state index is 0.0996. The molecule has 0 radical (unpaired) electrons. The van der Waals surface area contributed by atoms with Crippen LogP contribution in [0.25, 0.3) is 0 Å². The first-order valence-electron chi connectivity index (χ1n) is 8.18. The number of nitrogens with zero attached hydrogens (tertiary/aromatic N) is 3. The number of amides is 1. The summed E-state index contributed by atoms with van der Waals surface area (Å²) in [5.41, 5.74) is 2.66. The number of nitro groups is 1. The van der Waals surface area contributed by atoms with Gasteiger partial charge in [-0.15, -0.1) is 0 Å². The molecule has 8 nitrogen and oxygen atoms in total. The molecule has 0 aliphatic carbocycles. The maximum absolute atomic E-state index is 12.4. The van der Waals surface area contributed by atoms with Crippen LogP contribution in [-0.4, -0.2) is 27.7 Å². The van der Waals surface area contributed by atoms with E-state index in [1.807, 2.05) is 25.1 Å². The third kappa shape index (κ3) is 4.30. The van der Waals surface area contributed by atoms with Gasteiger partial charge in [-0.25, -0.2) is 0 Å². The summed E-state index contributed by atoms with van der Waals surface area (Å²) in [4.78, 5) is 22.9. The Balaban J connectivity index is 1.72. The first-order chi connectivity index (χ1) is 13.0. The van der Waals surface area contributed by atoms with Gasteiger partial charge in [0.2, 0.25) is 0 Å². The first-order valence-corrected chi connectivity index (χ1v) is 8.18. The van der Waals surface area contributed by atoms with Crippen LogP contribution in [0.3, 0.4) is 0 Å². The smallest absolute Gasteiger partial charge is 0.311 e. The lowest BCUT2D eigenvalue weighted by molar-refractivity contribution is -0.385. The normalized spacial score (nSPS) is 10.4. The van der Waals surface area contributed by atoms with E-state index in [0.29, 0.717) is 12.2 Å². The zero-order valence-electron chi connectivity index (χ0n) is 14.9. The molecule has 0 saturated heterocycles. The maximum Gasteiger partial charge on any atom is 0.311 e. The van der Waals surface area contributed by atoms with Gasteiger partial charge in [0.1, 0.15) is 0 Å². The van der Waals surface area contributed by atoms with Gasteiger partial charge in [-0.2, -0.15) is 5.10 Å². The highest BCUT2D eigenvalue weighted by molar-refractivity contribution is 6.04. The Kier molecular flexibility index (Phi) is 5.16. The van der Waals surface area contributed by atoms with Crippen LogP contribution in [0.5, 0.6) is 5.75 Å². The summed E-state index contributed by atoms with van der Waals surface area (Å²) in [6.45, 7) is 2.60. The monoisotopic (exact) mass is 366 g/mol. The van der Waals surface area contributed by atoms with Gasteiger partial charge in [-0.3, -0.25) is 19.6 Å². The molecule has 0 aliphatic heterocycles. The molecular formula is C19H18N4O4. The molecule has 0 fully saturated rings. The van der Waals surface area contributed by atoms with Crippen LogP contribution in [0.4, 0.5) is 11.4 Å². The van der Waals surface area contributed by atoms with Gasteiger partial charge in [-0.1, -0.05) is 29.8 Å². The van der Waals surface area contributed by atoms with E-state index in [4.69, 9.17) is 4.74 Å². The summed E-state index contributed by atoms with van der Waals surface area (Å²) in [5, 5.41) is 18.0. The van der Waals surface area contributed by atoms with Crippen molar-refractivity contribution in [2.75, 3.05) is 12.4 Å². The van der Waals surface area contributed by atoms with Crippen molar-refractivity contribution in [1.82, 2.24) is 9.78 Å². The Labute approximate surface area is 155 Å². The van der Waals surface area contributed by atoms with Gasteiger partial charge in [0, 0.05) is 17.8 Å². The molecule has 138 valence electrons. The van der Waals surface area contributed by atoms with E-state index in [-0.39, 0.29) is 17.0 Å². The molecule has 2 aromatic carbocycles. The second-order valence-electron chi connectivity index (χ2n) is 6.01. The minimum atomic E-state index is -0.588. The fourth-order valence-electron chi connectivity index (χ4n) is 2.69. The van der Waals surface area contributed by atoms with Crippen molar-refractivity contribution < 1.29 is 14.5 Å². The number of rotatable bonds is 6. The molecule has 0 bridgehead atoms. The molecule has 0 aliphatic rings. The number of carbonyl (C=O) groups excluding carboxylic acids is 1. The number of aromatic nitrogens is 2. The third-order valence-electron chi connectivity index (χ3n) is 3.96. The van der Waals surface area contributed by atoms with Crippen molar-refractivity contribution >= 4 is 17.3 Å². The van der Waals surface area contributed by atoms with E-state index in [0.717, 1.165) is 11.1 Å². The number of benzene rings is 2. The number of methoxy groups -OCH3 is 1. The number of nitrogens with one attached hydrogen (secondary N) is 1. The SMILES string of the molecule is COc1ccc(C(=O)Nc2cnn(Cc3cccc(C)c3)c2)cc1[N+](=O)[O-]. The summed E-state index contributed by atoms with van der Waals surface area (Å²) < 4.78 is 6.65. The standard InChI is InChI=1S/C19H18N4O4/c1-13-4-3-5-14(8-13)11-22-12-16(10-20-22)21-19(24)15-6-7-18(27-2)17(9-15)23(25)26/h3-10,12H,11H2,1-2H3,(H,21,24). The van der Waals surface area contributed by atoms with Gasteiger partial charge < -0.3 is 10.1 Å². The molecule has 1 amide bonds. The molecule has 0 unspecified atom stereocenters. The van der Waals surface area contributed by atoms with E-state index >= 15 is 0 Å². The van der Waals surface area contributed by atoms with Crippen molar-refractivity contribution in [3.8, 4) is 5.75 Å². The average molecular weight is 366 g/mol. The van der Waals surface area contributed by atoms with Crippen LogP contribution in [0.2, 0.25) is 0 Å². The van der Waals surface area contributed by atoms with Gasteiger partial charge >= 0.3 is 5.69 Å². The minimum Gasteiger partial charge on any atom is -0.490 e. The lowest BCUT2D eigenvalue weighted by Gasteiger charge is -2.05. The Bertz CT molecular complexity index is 997. The number of hydrogen-bond donors (Lipinski definition) is 1. The third-order valence-corrected chi connectivity index (χ3v) is 3.96. The summed E-state index contributed by atoms with van der Waals surface area (Å²) in [6, 6.07) is 12.1. The number of carbonyl (C=O) groups is 1. The second-order valence-corrected chi connectivity index (χ2v) is 6.01. The van der Waals surface area contributed by atoms with Crippen molar-refractivity contribution in [2.24, 2.45) is 0 Å². The van der Waals surface area contributed by atoms with Crippen LogP contribution in [0.15, 0.2) is 54.9 Å². The van der Waals surface area contributed by atoms with Crippen LogP contribution < -0.4 is 10.1 Å². The Morgan fingerprint density at radius 2 is 2.11 bits per heavy atom. The summed E-state index contributed by atoms with van der Waals surface area (Å²) in [6.07, 6.45) is 3.24. The quantitative estimate of drug-likeness (QED) is 0.532. The van der Waals surface area contributed by atoms with E-state index in [2.05, 4.69) is 16.5 Å². The zero-order valence-corrected chi connectivity index (χ0v) is 14.9. The lowest BCUT2D eigenvalue weighted by Crippen LogP contribution is -2.12. The van der Waals surface area contributed by atoms with Gasteiger partial charge in [-0.05, 0) is 24.6 Å². The molecule has 1 N–H and O–H groups in total. The molecule has 0 saturated carbocycles. The van der Waals surface area contributed by atoms with Gasteiger partial charge in [0.15, 0.2) is 5.75 Å². The van der Waals surface area contributed by atoms with Gasteiger partial charge in [0.25, 0.3) is 5.91 Å². The Hall–Kier alpha value is -3.68. The number of aryl methyl sites for hydroxylation is 1. The first kappa shape index (κ1) is 18.1. The molecule has 3 aromatic rings. The Morgan fingerprint density at radius 1 is 1.30 bits per heavy atom. The molecular weight excluding hydrogens is 348 g/mol. The highest BCUT2D eigenvalue weighted by Crippen LogP contribution is 2.27.